The van der Waals surface area contributed by atoms with Crippen molar-refractivity contribution in [3.05, 3.63) is 12.2 Å². The van der Waals surface area contributed by atoms with E-state index in [1.54, 1.807) is 7.05 Å². The van der Waals surface area contributed by atoms with Crippen molar-refractivity contribution in [1.82, 2.24) is 0 Å². The van der Waals surface area contributed by atoms with Gasteiger partial charge in [-0.2, -0.15) is 0 Å². The van der Waals surface area contributed by atoms with Crippen LogP contribution in [0.5, 0.6) is 0 Å². The fourth-order valence-electron chi connectivity index (χ4n) is 0.467. The van der Waals surface area contributed by atoms with Crippen molar-refractivity contribution >= 4 is 6.21 Å². The highest BCUT2D eigenvalue weighted by Gasteiger charge is 1.71. The molecule has 0 atom stereocenters. The van der Waals surface area contributed by atoms with Crippen molar-refractivity contribution < 1.29 is 0 Å². The van der Waals surface area contributed by atoms with Gasteiger partial charge in [0.15, 0.2) is 0 Å². The molecule has 0 aliphatic rings. The number of nitrogens with zero attached hydrogens (tertiary/aromatic N) is 1. The molecule has 0 fully saturated rings. The van der Waals surface area contributed by atoms with Crippen LogP contribution < -0.4 is 0 Å². The topological polar surface area (TPSA) is 12.4 Å². The third-order valence-corrected chi connectivity index (χ3v) is 0.881. The van der Waals surface area contributed by atoms with Crippen LogP contribution in [-0.4, -0.2) is 13.3 Å². The molecule has 0 aliphatic heterocycles. The lowest BCUT2D eigenvalue weighted by molar-refractivity contribution is 1.11. The summed E-state index contributed by atoms with van der Waals surface area (Å²) in [4.78, 5) is 3.85. The van der Waals surface area contributed by atoms with Gasteiger partial charge in [0.25, 0.3) is 0 Å². The average Bonchev–Trinajstić information content (AvgIpc) is 1.81. The summed E-state index contributed by atoms with van der Waals surface area (Å²) in [5, 5.41) is 0. The highest BCUT2D eigenvalue weighted by Crippen LogP contribution is 1.85. The van der Waals surface area contributed by atoms with E-state index >= 15 is 0 Å². The molecule has 46 valence electrons. The molecule has 0 aliphatic carbocycles. The molecule has 0 aromatic rings. The predicted octanol–water partition coefficient (Wildman–Crippen LogP) is 2.04. The summed E-state index contributed by atoms with van der Waals surface area (Å²) in [5.74, 6) is 0. The van der Waals surface area contributed by atoms with Gasteiger partial charge in [0.1, 0.15) is 0 Å². The third-order valence-electron chi connectivity index (χ3n) is 0.881. The van der Waals surface area contributed by atoms with Crippen LogP contribution in [0.15, 0.2) is 17.1 Å². The number of unbranched alkanes of at least 4 members (excludes halogenated alkanes) is 1. The highest BCUT2D eigenvalue weighted by atomic mass is 14.6. The molecule has 0 unspecified atom stereocenters. The van der Waals surface area contributed by atoms with Crippen LogP contribution in [0.25, 0.3) is 0 Å². The normalized spacial score (nSPS) is 11.8. The van der Waals surface area contributed by atoms with Crippen LogP contribution in [-0.2, 0) is 0 Å². The van der Waals surface area contributed by atoms with Crippen LogP contribution in [0.4, 0.5) is 0 Å². The Balaban J connectivity index is 2.93. The smallest absolute Gasteiger partial charge is 0.0273 e. The summed E-state index contributed by atoms with van der Waals surface area (Å²) in [7, 11) is 1.80. The number of hydrogen-bond donors (Lipinski definition) is 0. The maximum absolute atomic E-state index is 3.85. The average molecular weight is 111 g/mol. The van der Waals surface area contributed by atoms with Crippen LogP contribution in [0.2, 0.25) is 0 Å². The Bertz CT molecular complexity index is 70.4. The van der Waals surface area contributed by atoms with Crippen LogP contribution in [0, 0.1) is 0 Å². The van der Waals surface area contributed by atoms with Gasteiger partial charge in [-0.25, -0.2) is 0 Å². The molecule has 8 heavy (non-hydrogen) atoms. The first-order valence-electron chi connectivity index (χ1n) is 2.93. The molecule has 0 N–H and O–H groups in total. The predicted molar refractivity (Wildman–Crippen MR) is 38.5 cm³/mol. The summed E-state index contributed by atoms with van der Waals surface area (Å²) in [6.45, 7) is 2.03. The Morgan fingerprint density at radius 3 is 2.62 bits per heavy atom. The molecule has 0 heterocycles. The van der Waals surface area contributed by atoms with E-state index in [4.69, 9.17) is 0 Å². The van der Waals surface area contributed by atoms with Crippen LogP contribution >= 0.6 is 0 Å². The minimum atomic E-state index is 1.07. The standard InChI is InChI=1S/C7H13N/c1-3-4-5-6-7-8-2/h3-4,7H,5-6H2,1-2H3. The molecule has 0 amide bonds. The summed E-state index contributed by atoms with van der Waals surface area (Å²) in [6.07, 6.45) is 8.32. The quantitative estimate of drug-likeness (QED) is 0.300. The summed E-state index contributed by atoms with van der Waals surface area (Å²) < 4.78 is 0. The van der Waals surface area contributed by atoms with E-state index in [1.165, 1.54) is 0 Å². The first-order valence-corrected chi connectivity index (χ1v) is 2.93. The zero-order chi connectivity index (χ0) is 6.24. The van der Waals surface area contributed by atoms with Gasteiger partial charge in [0, 0.05) is 7.05 Å². The van der Waals surface area contributed by atoms with E-state index in [0.717, 1.165) is 12.8 Å². The van der Waals surface area contributed by atoms with Crippen molar-refractivity contribution in [3.63, 3.8) is 0 Å². The van der Waals surface area contributed by atoms with Gasteiger partial charge in [-0.1, -0.05) is 12.2 Å². The van der Waals surface area contributed by atoms with Gasteiger partial charge in [0.05, 0.1) is 0 Å². The monoisotopic (exact) mass is 111 g/mol. The van der Waals surface area contributed by atoms with E-state index in [1.807, 2.05) is 13.1 Å². The molecular weight excluding hydrogens is 98.1 g/mol. The van der Waals surface area contributed by atoms with Gasteiger partial charge < -0.3 is 4.99 Å². The zero-order valence-corrected chi connectivity index (χ0v) is 5.59. The van der Waals surface area contributed by atoms with Crippen LogP contribution in [0.3, 0.4) is 0 Å². The van der Waals surface area contributed by atoms with Crippen molar-refractivity contribution in [1.29, 1.82) is 0 Å². The van der Waals surface area contributed by atoms with Gasteiger partial charge in [-0.05, 0) is 26.0 Å². The van der Waals surface area contributed by atoms with Gasteiger partial charge in [-0.3, -0.25) is 0 Å². The number of allylic oxidation sites excluding steroid dienone is 2. The molecule has 0 radical (unpaired) electrons. The maximum atomic E-state index is 3.85. The van der Waals surface area contributed by atoms with Gasteiger partial charge >= 0.3 is 0 Å². The lowest BCUT2D eigenvalue weighted by atomic mass is 10.3. The second kappa shape index (κ2) is 6.41. The fourth-order valence-corrected chi connectivity index (χ4v) is 0.467. The SMILES string of the molecule is CC=CCCC=NC. The second-order valence-corrected chi connectivity index (χ2v) is 1.59. The molecule has 0 aromatic carbocycles. The minimum absolute atomic E-state index is 1.07. The minimum Gasteiger partial charge on any atom is -0.301 e. The molecule has 0 spiro atoms. The molecule has 0 aromatic heterocycles. The fraction of sp³-hybridized carbons (Fsp3) is 0.571. The lowest BCUT2D eigenvalue weighted by Crippen LogP contribution is -1.70. The molecular formula is C7H13N. The van der Waals surface area contributed by atoms with E-state index in [9.17, 15) is 0 Å². The summed E-state index contributed by atoms with van der Waals surface area (Å²) >= 11 is 0. The Labute approximate surface area is 51.1 Å². The zero-order valence-electron chi connectivity index (χ0n) is 5.59. The lowest BCUT2D eigenvalue weighted by Gasteiger charge is -1.80. The maximum Gasteiger partial charge on any atom is 0.0273 e. The number of hydrogen-bond acceptors (Lipinski definition) is 1. The van der Waals surface area contributed by atoms with E-state index < -0.39 is 0 Å². The molecule has 1 heteroatoms. The van der Waals surface area contributed by atoms with E-state index in [0.29, 0.717) is 0 Å². The number of aliphatic imine (C=N–C) groups is 1. The molecule has 1 nitrogen and oxygen atoms in total. The first kappa shape index (κ1) is 7.41. The summed E-state index contributed by atoms with van der Waals surface area (Å²) in [5.41, 5.74) is 0. The van der Waals surface area contributed by atoms with E-state index in [2.05, 4.69) is 17.1 Å². The number of rotatable bonds is 3. The van der Waals surface area contributed by atoms with Crippen molar-refractivity contribution in [2.24, 2.45) is 4.99 Å². The highest BCUT2D eigenvalue weighted by molar-refractivity contribution is 5.56. The largest absolute Gasteiger partial charge is 0.301 e. The third kappa shape index (κ3) is 5.41. The van der Waals surface area contributed by atoms with Crippen molar-refractivity contribution in [2.45, 2.75) is 19.8 Å². The Kier molecular flexibility index (Phi) is 5.94. The molecule has 0 saturated carbocycles. The Hall–Kier alpha value is -0.590. The van der Waals surface area contributed by atoms with Gasteiger partial charge in [-0.15, -0.1) is 0 Å². The molecule has 0 bridgehead atoms. The van der Waals surface area contributed by atoms with Crippen LogP contribution in [0.1, 0.15) is 19.8 Å². The molecule has 0 rings (SSSR count). The van der Waals surface area contributed by atoms with Crippen molar-refractivity contribution in [3.8, 4) is 0 Å². The molecule has 0 saturated heterocycles. The van der Waals surface area contributed by atoms with Crippen molar-refractivity contribution in [2.75, 3.05) is 7.05 Å². The van der Waals surface area contributed by atoms with E-state index in [-0.39, 0.29) is 0 Å². The Morgan fingerprint density at radius 2 is 2.12 bits per heavy atom. The Morgan fingerprint density at radius 1 is 1.38 bits per heavy atom. The second-order valence-electron chi connectivity index (χ2n) is 1.59. The summed E-state index contributed by atoms with van der Waals surface area (Å²) in [6, 6.07) is 0. The first-order chi connectivity index (χ1) is 3.91. The van der Waals surface area contributed by atoms with Gasteiger partial charge in [0.2, 0.25) is 0 Å².